The fraction of sp³-hybridized carbons (Fsp3) is 0.833. The second-order valence-electron chi connectivity index (χ2n) is 5.44. The molecule has 0 aliphatic rings. The molecular formula is C12H23N5OS. The van der Waals surface area contributed by atoms with Gasteiger partial charge in [0.15, 0.2) is 0 Å². The number of hydrogen-bond acceptors (Lipinski definition) is 5. The standard InChI is InChI=1S/C12H23N5OS/c1-8(2)6-13-11(18)10(5)19-12-14-15-16-17(12)7-9(3)4/h8-10H,6-7H2,1-5H3,(H,13,18)/t10-/m0/s1. The van der Waals surface area contributed by atoms with Crippen molar-refractivity contribution >= 4 is 17.7 Å². The van der Waals surface area contributed by atoms with Gasteiger partial charge in [-0.15, -0.1) is 5.10 Å². The predicted molar refractivity (Wildman–Crippen MR) is 75.8 cm³/mol. The zero-order valence-electron chi connectivity index (χ0n) is 12.3. The van der Waals surface area contributed by atoms with Crippen LogP contribution in [0.15, 0.2) is 5.16 Å². The van der Waals surface area contributed by atoms with Crippen molar-refractivity contribution in [2.24, 2.45) is 11.8 Å². The Hall–Kier alpha value is -1.11. The Kier molecular flexibility index (Phi) is 6.27. The Balaban J connectivity index is 2.54. The Morgan fingerprint density at radius 1 is 1.26 bits per heavy atom. The van der Waals surface area contributed by atoms with E-state index in [2.05, 4.69) is 48.5 Å². The number of nitrogens with zero attached hydrogens (tertiary/aromatic N) is 4. The minimum Gasteiger partial charge on any atom is -0.355 e. The molecule has 1 N–H and O–H groups in total. The monoisotopic (exact) mass is 285 g/mol. The molecule has 1 aromatic rings. The molecule has 0 saturated heterocycles. The van der Waals surface area contributed by atoms with E-state index in [-0.39, 0.29) is 11.2 Å². The lowest BCUT2D eigenvalue weighted by Gasteiger charge is -2.13. The SMILES string of the molecule is CC(C)CNC(=O)[C@H](C)Sc1nnnn1CC(C)C. The molecule has 0 aromatic carbocycles. The molecule has 0 aliphatic heterocycles. The number of hydrogen-bond donors (Lipinski definition) is 1. The van der Waals surface area contributed by atoms with Gasteiger partial charge in [0.05, 0.1) is 5.25 Å². The Morgan fingerprint density at radius 2 is 1.95 bits per heavy atom. The van der Waals surface area contributed by atoms with Crippen LogP contribution in [-0.2, 0) is 11.3 Å². The quantitative estimate of drug-likeness (QED) is 0.770. The first kappa shape index (κ1) is 15.9. The Morgan fingerprint density at radius 3 is 2.53 bits per heavy atom. The summed E-state index contributed by atoms with van der Waals surface area (Å²) in [7, 11) is 0. The van der Waals surface area contributed by atoms with E-state index < -0.39 is 0 Å². The molecule has 1 rings (SSSR count). The molecule has 19 heavy (non-hydrogen) atoms. The van der Waals surface area contributed by atoms with Crippen LogP contribution in [0.1, 0.15) is 34.6 Å². The number of rotatable bonds is 7. The second kappa shape index (κ2) is 7.47. The van der Waals surface area contributed by atoms with Gasteiger partial charge in [-0.05, 0) is 29.2 Å². The highest BCUT2D eigenvalue weighted by atomic mass is 32.2. The zero-order chi connectivity index (χ0) is 14.4. The summed E-state index contributed by atoms with van der Waals surface area (Å²) in [6, 6.07) is 0. The van der Waals surface area contributed by atoms with Crippen molar-refractivity contribution in [2.75, 3.05) is 6.54 Å². The summed E-state index contributed by atoms with van der Waals surface area (Å²) in [4.78, 5) is 11.9. The third-order valence-corrected chi connectivity index (χ3v) is 3.44. The third-order valence-electron chi connectivity index (χ3n) is 2.37. The van der Waals surface area contributed by atoms with Gasteiger partial charge in [-0.3, -0.25) is 4.79 Å². The number of carbonyl (C=O) groups excluding carboxylic acids is 1. The molecule has 0 spiro atoms. The van der Waals surface area contributed by atoms with Crippen LogP contribution < -0.4 is 5.32 Å². The summed E-state index contributed by atoms with van der Waals surface area (Å²) < 4.78 is 1.75. The van der Waals surface area contributed by atoms with Crippen LogP contribution in [0.25, 0.3) is 0 Å². The van der Waals surface area contributed by atoms with E-state index in [0.717, 1.165) is 6.54 Å². The predicted octanol–water partition coefficient (Wildman–Crippen LogP) is 1.58. The van der Waals surface area contributed by atoms with E-state index >= 15 is 0 Å². The van der Waals surface area contributed by atoms with Crippen LogP contribution in [0, 0.1) is 11.8 Å². The van der Waals surface area contributed by atoms with E-state index in [0.29, 0.717) is 23.5 Å². The average Bonchev–Trinajstić information content (AvgIpc) is 2.72. The van der Waals surface area contributed by atoms with Crippen LogP contribution >= 0.6 is 11.8 Å². The Labute approximate surface area is 118 Å². The van der Waals surface area contributed by atoms with Gasteiger partial charge in [-0.1, -0.05) is 39.5 Å². The highest BCUT2D eigenvalue weighted by Crippen LogP contribution is 2.20. The van der Waals surface area contributed by atoms with Crippen LogP contribution in [-0.4, -0.2) is 37.9 Å². The molecule has 6 nitrogen and oxygen atoms in total. The van der Waals surface area contributed by atoms with Crippen molar-refractivity contribution < 1.29 is 4.79 Å². The molecule has 1 atom stereocenters. The lowest BCUT2D eigenvalue weighted by Crippen LogP contribution is -2.33. The molecule has 1 aromatic heterocycles. The molecule has 1 amide bonds. The maximum absolute atomic E-state index is 11.9. The van der Waals surface area contributed by atoms with Crippen molar-refractivity contribution in [3.05, 3.63) is 0 Å². The summed E-state index contributed by atoms with van der Waals surface area (Å²) in [5, 5.41) is 15.0. The van der Waals surface area contributed by atoms with Gasteiger partial charge >= 0.3 is 0 Å². The molecular weight excluding hydrogens is 262 g/mol. The van der Waals surface area contributed by atoms with Crippen LogP contribution in [0.3, 0.4) is 0 Å². The van der Waals surface area contributed by atoms with Gasteiger partial charge in [0.2, 0.25) is 11.1 Å². The largest absolute Gasteiger partial charge is 0.355 e. The zero-order valence-corrected chi connectivity index (χ0v) is 13.1. The van der Waals surface area contributed by atoms with Crippen molar-refractivity contribution in [3.8, 4) is 0 Å². The molecule has 0 bridgehead atoms. The molecule has 108 valence electrons. The highest BCUT2D eigenvalue weighted by Gasteiger charge is 2.18. The number of aromatic nitrogens is 4. The first-order valence-electron chi connectivity index (χ1n) is 6.60. The van der Waals surface area contributed by atoms with Gasteiger partial charge < -0.3 is 5.32 Å². The fourth-order valence-corrected chi connectivity index (χ4v) is 2.22. The van der Waals surface area contributed by atoms with Crippen molar-refractivity contribution in [1.29, 1.82) is 0 Å². The maximum atomic E-state index is 11.9. The minimum atomic E-state index is -0.198. The van der Waals surface area contributed by atoms with Gasteiger partial charge in [-0.2, -0.15) is 0 Å². The normalized spacial score (nSPS) is 13.0. The molecule has 0 radical (unpaired) electrons. The summed E-state index contributed by atoms with van der Waals surface area (Å²) in [5.41, 5.74) is 0. The smallest absolute Gasteiger partial charge is 0.233 e. The number of carbonyl (C=O) groups is 1. The summed E-state index contributed by atoms with van der Waals surface area (Å²) >= 11 is 1.39. The second-order valence-corrected chi connectivity index (χ2v) is 6.74. The fourth-order valence-electron chi connectivity index (χ4n) is 1.40. The lowest BCUT2D eigenvalue weighted by atomic mass is 10.2. The molecule has 1 heterocycles. The van der Waals surface area contributed by atoms with E-state index in [9.17, 15) is 4.79 Å². The molecule has 0 saturated carbocycles. The van der Waals surface area contributed by atoms with E-state index in [4.69, 9.17) is 0 Å². The van der Waals surface area contributed by atoms with Crippen molar-refractivity contribution in [3.63, 3.8) is 0 Å². The molecule has 0 unspecified atom stereocenters. The third kappa shape index (κ3) is 5.59. The maximum Gasteiger partial charge on any atom is 0.233 e. The number of amides is 1. The first-order valence-corrected chi connectivity index (χ1v) is 7.48. The lowest BCUT2D eigenvalue weighted by molar-refractivity contribution is -0.120. The van der Waals surface area contributed by atoms with Gasteiger partial charge in [0.25, 0.3) is 0 Å². The molecule has 7 heteroatoms. The summed E-state index contributed by atoms with van der Waals surface area (Å²) in [6.45, 7) is 11.7. The van der Waals surface area contributed by atoms with E-state index in [1.54, 1.807) is 4.68 Å². The number of nitrogens with one attached hydrogen (secondary N) is 1. The van der Waals surface area contributed by atoms with Crippen molar-refractivity contribution in [1.82, 2.24) is 25.5 Å². The minimum absolute atomic E-state index is 0.0257. The topological polar surface area (TPSA) is 72.7 Å². The van der Waals surface area contributed by atoms with Gasteiger partial charge in [0.1, 0.15) is 0 Å². The van der Waals surface area contributed by atoms with Gasteiger partial charge in [0, 0.05) is 13.1 Å². The molecule has 0 aliphatic carbocycles. The van der Waals surface area contributed by atoms with Gasteiger partial charge in [-0.25, -0.2) is 4.68 Å². The van der Waals surface area contributed by atoms with E-state index in [1.165, 1.54) is 11.8 Å². The number of tetrazole rings is 1. The van der Waals surface area contributed by atoms with Crippen molar-refractivity contribution in [2.45, 2.75) is 51.6 Å². The summed E-state index contributed by atoms with van der Waals surface area (Å²) in [6.07, 6.45) is 0. The van der Waals surface area contributed by atoms with Crippen LogP contribution in [0.4, 0.5) is 0 Å². The summed E-state index contributed by atoms with van der Waals surface area (Å²) in [5.74, 6) is 0.943. The van der Waals surface area contributed by atoms with E-state index in [1.807, 2.05) is 6.92 Å². The Bertz CT molecular complexity index is 405. The number of thioether (sulfide) groups is 1. The average molecular weight is 285 g/mol. The first-order chi connectivity index (χ1) is 8.90. The van der Waals surface area contributed by atoms with Crippen LogP contribution in [0.5, 0.6) is 0 Å². The van der Waals surface area contributed by atoms with Crippen LogP contribution in [0.2, 0.25) is 0 Å². The molecule has 0 fully saturated rings. The highest BCUT2D eigenvalue weighted by molar-refractivity contribution is 8.00.